The second-order valence-electron chi connectivity index (χ2n) is 5.45. The molecule has 1 aliphatic heterocycles. The lowest BCUT2D eigenvalue weighted by molar-refractivity contribution is -0.121. The van der Waals surface area contributed by atoms with Crippen LogP contribution in [0, 0.1) is 0 Å². The van der Waals surface area contributed by atoms with E-state index in [1.807, 2.05) is 13.8 Å². The van der Waals surface area contributed by atoms with Crippen molar-refractivity contribution < 1.29 is 17.9 Å². The van der Waals surface area contributed by atoms with Crippen molar-refractivity contribution in [2.45, 2.75) is 45.3 Å². The third-order valence-corrected chi connectivity index (χ3v) is 4.81. The molecule has 118 valence electrons. The molecular weight excluding hydrogens is 280 g/mol. The Hall–Kier alpha value is -0.660. The number of hydrogen-bond acceptors (Lipinski definition) is 5. The molecule has 0 radical (unpaired) electrons. The topological polar surface area (TPSA) is 84.5 Å². The summed E-state index contributed by atoms with van der Waals surface area (Å²) < 4.78 is 28.3. The number of amides is 1. The number of rotatable bonds is 8. The Kier molecular flexibility index (Phi) is 7.47. The smallest absolute Gasteiger partial charge is 0.221 e. The minimum atomic E-state index is -2.98. The van der Waals surface area contributed by atoms with Gasteiger partial charge in [0.2, 0.25) is 5.91 Å². The van der Waals surface area contributed by atoms with Gasteiger partial charge in [-0.15, -0.1) is 0 Å². The molecule has 2 N–H and O–H groups in total. The van der Waals surface area contributed by atoms with Crippen LogP contribution in [0.3, 0.4) is 0 Å². The fourth-order valence-corrected chi connectivity index (χ4v) is 3.51. The standard InChI is InChI=1S/C13H26N2O4S/c1-11(2)19-7-4-3-5-15-13(16)9-12-10-20(17,18)8-6-14-12/h11-12,14H,3-10H2,1-2H3,(H,15,16). The third kappa shape index (κ3) is 7.81. The molecule has 6 nitrogen and oxygen atoms in total. The molecule has 1 unspecified atom stereocenters. The maximum Gasteiger partial charge on any atom is 0.221 e. The van der Waals surface area contributed by atoms with Crippen molar-refractivity contribution in [1.29, 1.82) is 0 Å². The van der Waals surface area contributed by atoms with Crippen LogP contribution in [0.2, 0.25) is 0 Å². The number of unbranched alkanes of at least 4 members (excludes halogenated alkanes) is 1. The normalized spacial score (nSPS) is 21.9. The molecule has 0 aromatic heterocycles. The summed E-state index contributed by atoms with van der Waals surface area (Å²) in [4.78, 5) is 11.7. The van der Waals surface area contributed by atoms with Crippen LogP contribution < -0.4 is 10.6 Å². The van der Waals surface area contributed by atoms with Crippen molar-refractivity contribution in [3.05, 3.63) is 0 Å². The summed E-state index contributed by atoms with van der Waals surface area (Å²) in [5, 5.41) is 5.88. The molecule has 0 spiro atoms. The first-order chi connectivity index (χ1) is 9.39. The van der Waals surface area contributed by atoms with E-state index in [4.69, 9.17) is 4.74 Å². The van der Waals surface area contributed by atoms with Crippen molar-refractivity contribution in [1.82, 2.24) is 10.6 Å². The van der Waals surface area contributed by atoms with Gasteiger partial charge in [-0.3, -0.25) is 4.79 Å². The first-order valence-corrected chi connectivity index (χ1v) is 9.03. The van der Waals surface area contributed by atoms with Gasteiger partial charge < -0.3 is 15.4 Å². The van der Waals surface area contributed by atoms with Gasteiger partial charge in [0, 0.05) is 32.2 Å². The molecule has 0 saturated carbocycles. The highest BCUT2D eigenvalue weighted by molar-refractivity contribution is 7.91. The van der Waals surface area contributed by atoms with E-state index in [1.54, 1.807) is 0 Å². The Labute approximate surface area is 121 Å². The molecule has 7 heteroatoms. The highest BCUT2D eigenvalue weighted by Crippen LogP contribution is 2.04. The number of nitrogens with one attached hydrogen (secondary N) is 2. The second kappa shape index (κ2) is 8.59. The zero-order valence-corrected chi connectivity index (χ0v) is 13.2. The molecular formula is C13H26N2O4S. The van der Waals surface area contributed by atoms with Crippen molar-refractivity contribution in [3.63, 3.8) is 0 Å². The van der Waals surface area contributed by atoms with Crippen molar-refractivity contribution in [2.75, 3.05) is 31.2 Å². The van der Waals surface area contributed by atoms with Gasteiger partial charge in [0.1, 0.15) is 0 Å². The van der Waals surface area contributed by atoms with Gasteiger partial charge in [0.05, 0.1) is 17.6 Å². The summed E-state index contributed by atoms with van der Waals surface area (Å²) in [6.45, 7) is 5.74. The Balaban J connectivity index is 2.08. The van der Waals surface area contributed by atoms with Gasteiger partial charge in [-0.25, -0.2) is 8.42 Å². The Morgan fingerprint density at radius 1 is 1.40 bits per heavy atom. The van der Waals surface area contributed by atoms with Gasteiger partial charge >= 0.3 is 0 Å². The summed E-state index contributed by atoms with van der Waals surface area (Å²) in [6.07, 6.45) is 2.24. The molecule has 20 heavy (non-hydrogen) atoms. The van der Waals surface area contributed by atoms with E-state index >= 15 is 0 Å². The van der Waals surface area contributed by atoms with E-state index in [1.165, 1.54) is 0 Å². The molecule has 1 saturated heterocycles. The zero-order valence-electron chi connectivity index (χ0n) is 12.4. The van der Waals surface area contributed by atoms with E-state index in [0.717, 1.165) is 12.8 Å². The van der Waals surface area contributed by atoms with E-state index in [2.05, 4.69) is 10.6 Å². The quantitative estimate of drug-likeness (QED) is 0.621. The lowest BCUT2D eigenvalue weighted by Gasteiger charge is -2.23. The Morgan fingerprint density at radius 2 is 2.15 bits per heavy atom. The minimum absolute atomic E-state index is 0.0582. The van der Waals surface area contributed by atoms with Gasteiger partial charge in [0.15, 0.2) is 9.84 Å². The predicted octanol–water partition coefficient (Wildman–Crippen LogP) is 0.0845. The average molecular weight is 306 g/mol. The Bertz CT molecular complexity index is 395. The SMILES string of the molecule is CC(C)OCCCCNC(=O)CC1CS(=O)(=O)CCN1. The third-order valence-electron chi connectivity index (χ3n) is 3.08. The molecule has 1 heterocycles. The first kappa shape index (κ1) is 17.4. The number of hydrogen-bond donors (Lipinski definition) is 2. The summed E-state index contributed by atoms with van der Waals surface area (Å²) in [5.74, 6) is 0.133. The number of carbonyl (C=O) groups is 1. The van der Waals surface area contributed by atoms with E-state index < -0.39 is 9.84 Å². The summed E-state index contributed by atoms with van der Waals surface area (Å²) >= 11 is 0. The van der Waals surface area contributed by atoms with Gasteiger partial charge in [-0.1, -0.05) is 0 Å². The van der Waals surface area contributed by atoms with Gasteiger partial charge in [-0.2, -0.15) is 0 Å². The van der Waals surface area contributed by atoms with Crippen LogP contribution in [0.4, 0.5) is 0 Å². The maximum atomic E-state index is 11.7. The van der Waals surface area contributed by atoms with Crippen LogP contribution in [-0.2, 0) is 19.4 Å². The lowest BCUT2D eigenvalue weighted by Crippen LogP contribution is -2.47. The van der Waals surface area contributed by atoms with Crippen molar-refractivity contribution in [2.24, 2.45) is 0 Å². The molecule has 1 amide bonds. The summed E-state index contributed by atoms with van der Waals surface area (Å²) in [7, 11) is -2.98. The molecule has 1 atom stereocenters. The monoisotopic (exact) mass is 306 g/mol. The molecule has 0 aromatic rings. The molecule has 1 aliphatic rings. The van der Waals surface area contributed by atoms with Gasteiger partial charge in [0.25, 0.3) is 0 Å². The van der Waals surface area contributed by atoms with Crippen molar-refractivity contribution >= 4 is 15.7 Å². The van der Waals surface area contributed by atoms with E-state index in [9.17, 15) is 13.2 Å². The highest BCUT2D eigenvalue weighted by Gasteiger charge is 2.25. The van der Waals surface area contributed by atoms with Crippen LogP contribution in [0.15, 0.2) is 0 Å². The maximum absolute atomic E-state index is 11.7. The lowest BCUT2D eigenvalue weighted by atomic mass is 10.2. The average Bonchev–Trinajstić information content (AvgIpc) is 2.32. The first-order valence-electron chi connectivity index (χ1n) is 7.21. The molecule has 0 bridgehead atoms. The molecule has 0 aromatic carbocycles. The van der Waals surface area contributed by atoms with E-state index in [0.29, 0.717) is 19.7 Å². The summed E-state index contributed by atoms with van der Waals surface area (Å²) in [6, 6.07) is -0.252. The van der Waals surface area contributed by atoms with Crippen LogP contribution >= 0.6 is 0 Å². The largest absolute Gasteiger partial charge is 0.379 e. The van der Waals surface area contributed by atoms with Crippen molar-refractivity contribution in [3.8, 4) is 0 Å². The fraction of sp³-hybridized carbons (Fsp3) is 0.923. The van der Waals surface area contributed by atoms with Crippen LogP contribution in [0.5, 0.6) is 0 Å². The zero-order chi connectivity index (χ0) is 15.0. The number of carbonyl (C=O) groups excluding carboxylic acids is 1. The van der Waals surface area contributed by atoms with Crippen LogP contribution in [0.1, 0.15) is 33.1 Å². The molecule has 0 aliphatic carbocycles. The molecule has 1 rings (SSSR count). The Morgan fingerprint density at radius 3 is 2.80 bits per heavy atom. The highest BCUT2D eigenvalue weighted by atomic mass is 32.2. The molecule has 1 fully saturated rings. The summed E-state index contributed by atoms with van der Waals surface area (Å²) in [5.41, 5.74) is 0. The second-order valence-corrected chi connectivity index (χ2v) is 7.67. The fourth-order valence-electron chi connectivity index (χ4n) is 2.07. The van der Waals surface area contributed by atoms with E-state index in [-0.39, 0.29) is 36.0 Å². The van der Waals surface area contributed by atoms with Gasteiger partial charge in [-0.05, 0) is 26.7 Å². The van der Waals surface area contributed by atoms with Crippen LogP contribution in [0.25, 0.3) is 0 Å². The predicted molar refractivity (Wildman–Crippen MR) is 78.4 cm³/mol. The van der Waals surface area contributed by atoms with Crippen LogP contribution in [-0.4, -0.2) is 57.7 Å². The number of sulfone groups is 1. The number of ether oxygens (including phenoxy) is 1. The minimum Gasteiger partial charge on any atom is -0.379 e.